The molecule has 31 heavy (non-hydrogen) atoms. The van der Waals surface area contributed by atoms with Gasteiger partial charge in [0.1, 0.15) is 0 Å². The molecule has 1 aliphatic heterocycles. The lowest BCUT2D eigenvalue weighted by molar-refractivity contribution is -0.117. The molecule has 2 N–H and O–H groups in total. The fourth-order valence-corrected chi connectivity index (χ4v) is 3.88. The maximum atomic E-state index is 12.6. The molecule has 2 amide bonds. The van der Waals surface area contributed by atoms with Crippen molar-refractivity contribution in [3.8, 4) is 0 Å². The van der Waals surface area contributed by atoms with E-state index in [9.17, 15) is 9.59 Å². The van der Waals surface area contributed by atoms with Crippen LogP contribution in [0.25, 0.3) is 0 Å². The maximum absolute atomic E-state index is 12.6. The smallest absolute Gasteiger partial charge is 0.238 e. The zero-order valence-electron chi connectivity index (χ0n) is 17.7. The quantitative estimate of drug-likeness (QED) is 0.602. The molecule has 1 fully saturated rings. The van der Waals surface area contributed by atoms with Gasteiger partial charge in [0.25, 0.3) is 0 Å². The highest BCUT2D eigenvalue weighted by Crippen LogP contribution is 2.24. The largest absolute Gasteiger partial charge is 0.325 e. The van der Waals surface area contributed by atoms with E-state index < -0.39 is 0 Å². The van der Waals surface area contributed by atoms with Gasteiger partial charge >= 0.3 is 0 Å². The standard InChI is InChI=1S/C26H27N3O2/c1-19-9-11-21(12-10-19)26(20-6-3-2-4-7-20)27-18-24(30)28-22-13-15-23(16-14-22)29-17-5-8-25(29)31/h2-4,6-7,9-16,26-27H,5,8,17-18H2,1H3,(H,28,30). The lowest BCUT2D eigenvalue weighted by Gasteiger charge is -2.20. The summed E-state index contributed by atoms with van der Waals surface area (Å²) in [5.41, 5.74) is 5.02. The van der Waals surface area contributed by atoms with Crippen LogP contribution >= 0.6 is 0 Å². The van der Waals surface area contributed by atoms with Crippen molar-refractivity contribution in [3.05, 3.63) is 95.6 Å². The first-order valence-electron chi connectivity index (χ1n) is 10.7. The number of amides is 2. The Hall–Kier alpha value is -3.44. The van der Waals surface area contributed by atoms with E-state index in [-0.39, 0.29) is 24.4 Å². The first kappa shape index (κ1) is 20.8. The van der Waals surface area contributed by atoms with Gasteiger partial charge in [-0.3, -0.25) is 14.9 Å². The summed E-state index contributed by atoms with van der Waals surface area (Å²) >= 11 is 0. The number of anilines is 2. The van der Waals surface area contributed by atoms with E-state index in [2.05, 4.69) is 54.0 Å². The fourth-order valence-electron chi connectivity index (χ4n) is 3.88. The highest BCUT2D eigenvalue weighted by Gasteiger charge is 2.21. The van der Waals surface area contributed by atoms with Crippen LogP contribution in [0, 0.1) is 6.92 Å². The number of carbonyl (C=O) groups excluding carboxylic acids is 2. The van der Waals surface area contributed by atoms with E-state index in [1.54, 1.807) is 4.90 Å². The normalized spacial score (nSPS) is 14.5. The van der Waals surface area contributed by atoms with Crippen molar-refractivity contribution in [2.45, 2.75) is 25.8 Å². The summed E-state index contributed by atoms with van der Waals surface area (Å²) in [4.78, 5) is 26.3. The number of benzene rings is 3. The molecule has 1 unspecified atom stereocenters. The number of hydrogen-bond donors (Lipinski definition) is 2. The lowest BCUT2D eigenvalue weighted by atomic mass is 9.98. The van der Waals surface area contributed by atoms with E-state index in [1.165, 1.54) is 5.56 Å². The molecular formula is C26H27N3O2. The second-order valence-electron chi connectivity index (χ2n) is 7.88. The molecule has 1 atom stereocenters. The van der Waals surface area contributed by atoms with Gasteiger partial charge in [-0.05, 0) is 48.7 Å². The van der Waals surface area contributed by atoms with Crippen LogP contribution < -0.4 is 15.5 Å². The first-order chi connectivity index (χ1) is 15.1. The van der Waals surface area contributed by atoms with Crippen LogP contribution in [0.3, 0.4) is 0 Å². The van der Waals surface area contributed by atoms with Crippen LogP contribution in [0.5, 0.6) is 0 Å². The predicted molar refractivity (Wildman–Crippen MR) is 124 cm³/mol. The van der Waals surface area contributed by atoms with Gasteiger partial charge in [-0.1, -0.05) is 60.2 Å². The van der Waals surface area contributed by atoms with Crippen molar-refractivity contribution in [1.82, 2.24) is 5.32 Å². The number of carbonyl (C=O) groups is 2. The summed E-state index contributed by atoms with van der Waals surface area (Å²) < 4.78 is 0. The molecule has 1 heterocycles. The molecule has 1 aliphatic rings. The summed E-state index contributed by atoms with van der Waals surface area (Å²) in [6.45, 7) is 3.00. The van der Waals surface area contributed by atoms with E-state index in [4.69, 9.17) is 0 Å². The third kappa shape index (κ3) is 5.19. The molecule has 0 aromatic heterocycles. The summed E-state index contributed by atoms with van der Waals surface area (Å²) in [7, 11) is 0. The average molecular weight is 414 g/mol. The number of rotatable bonds is 7. The van der Waals surface area contributed by atoms with Gasteiger partial charge in [0, 0.05) is 24.3 Å². The van der Waals surface area contributed by atoms with Crippen LogP contribution in [0.1, 0.15) is 35.6 Å². The number of aryl methyl sites for hydroxylation is 1. The van der Waals surface area contributed by atoms with Crippen LogP contribution in [0.15, 0.2) is 78.9 Å². The minimum absolute atomic E-state index is 0.0731. The van der Waals surface area contributed by atoms with Gasteiger partial charge in [-0.2, -0.15) is 0 Å². The third-order valence-electron chi connectivity index (χ3n) is 5.55. The monoisotopic (exact) mass is 413 g/mol. The Morgan fingerprint density at radius 2 is 1.61 bits per heavy atom. The molecule has 4 rings (SSSR count). The van der Waals surface area contributed by atoms with Gasteiger partial charge in [-0.25, -0.2) is 0 Å². The third-order valence-corrected chi connectivity index (χ3v) is 5.55. The van der Waals surface area contributed by atoms with Crippen LogP contribution in [0.2, 0.25) is 0 Å². The number of nitrogens with zero attached hydrogens (tertiary/aromatic N) is 1. The van der Waals surface area contributed by atoms with Gasteiger partial charge in [0.05, 0.1) is 12.6 Å². The summed E-state index contributed by atoms with van der Waals surface area (Å²) in [5, 5.41) is 6.32. The van der Waals surface area contributed by atoms with E-state index in [1.807, 2.05) is 42.5 Å². The summed E-state index contributed by atoms with van der Waals surface area (Å²) in [6.07, 6.45) is 1.50. The number of hydrogen-bond acceptors (Lipinski definition) is 3. The van der Waals surface area contributed by atoms with Gasteiger partial charge < -0.3 is 10.2 Å². The maximum Gasteiger partial charge on any atom is 0.238 e. The molecule has 0 bridgehead atoms. The molecule has 0 aliphatic carbocycles. The fraction of sp³-hybridized carbons (Fsp3) is 0.231. The first-order valence-corrected chi connectivity index (χ1v) is 10.7. The lowest BCUT2D eigenvalue weighted by Crippen LogP contribution is -2.32. The Morgan fingerprint density at radius 1 is 0.935 bits per heavy atom. The second-order valence-corrected chi connectivity index (χ2v) is 7.88. The highest BCUT2D eigenvalue weighted by molar-refractivity contribution is 5.96. The Morgan fingerprint density at radius 3 is 2.26 bits per heavy atom. The van der Waals surface area contributed by atoms with Gasteiger partial charge in [0.15, 0.2) is 0 Å². The molecular weight excluding hydrogens is 386 g/mol. The van der Waals surface area contributed by atoms with Crippen LogP contribution in [0.4, 0.5) is 11.4 Å². The number of nitrogens with one attached hydrogen (secondary N) is 2. The molecule has 3 aromatic rings. The van der Waals surface area contributed by atoms with Crippen molar-refractivity contribution in [2.75, 3.05) is 23.3 Å². The average Bonchev–Trinajstić information content (AvgIpc) is 3.22. The molecule has 1 saturated heterocycles. The Kier molecular flexibility index (Phi) is 6.43. The minimum Gasteiger partial charge on any atom is -0.325 e. The van der Waals surface area contributed by atoms with Crippen molar-refractivity contribution >= 4 is 23.2 Å². The van der Waals surface area contributed by atoms with Gasteiger partial charge in [0.2, 0.25) is 11.8 Å². The van der Waals surface area contributed by atoms with Crippen LogP contribution in [-0.2, 0) is 9.59 Å². The predicted octanol–water partition coefficient (Wildman–Crippen LogP) is 4.44. The zero-order chi connectivity index (χ0) is 21.6. The summed E-state index contributed by atoms with van der Waals surface area (Å²) in [5.74, 6) is 0.0436. The molecule has 158 valence electrons. The molecule has 0 spiro atoms. The van der Waals surface area contributed by atoms with Crippen LogP contribution in [-0.4, -0.2) is 24.9 Å². The van der Waals surface area contributed by atoms with E-state index in [0.717, 1.165) is 29.8 Å². The van der Waals surface area contributed by atoms with Crippen molar-refractivity contribution < 1.29 is 9.59 Å². The minimum atomic E-state index is -0.113. The van der Waals surface area contributed by atoms with Crippen molar-refractivity contribution in [3.63, 3.8) is 0 Å². The molecule has 0 radical (unpaired) electrons. The highest BCUT2D eigenvalue weighted by atomic mass is 16.2. The second kappa shape index (κ2) is 9.58. The zero-order valence-corrected chi connectivity index (χ0v) is 17.7. The van der Waals surface area contributed by atoms with Crippen molar-refractivity contribution in [1.29, 1.82) is 0 Å². The SMILES string of the molecule is Cc1ccc(C(NCC(=O)Nc2ccc(N3CCCC3=O)cc2)c2ccccc2)cc1. The molecule has 5 heteroatoms. The Bertz CT molecular complexity index is 1030. The van der Waals surface area contributed by atoms with E-state index >= 15 is 0 Å². The summed E-state index contributed by atoms with van der Waals surface area (Å²) in [6, 6.07) is 25.8. The molecule has 3 aromatic carbocycles. The van der Waals surface area contributed by atoms with Gasteiger partial charge in [-0.15, -0.1) is 0 Å². The topological polar surface area (TPSA) is 61.4 Å². The van der Waals surface area contributed by atoms with Crippen molar-refractivity contribution in [2.24, 2.45) is 0 Å². The van der Waals surface area contributed by atoms with E-state index in [0.29, 0.717) is 12.1 Å². The molecule has 5 nitrogen and oxygen atoms in total. The Balaban J connectivity index is 1.40. The molecule has 0 saturated carbocycles. The Labute approximate surface area is 183 Å².